The highest BCUT2D eigenvalue weighted by Crippen LogP contribution is 2.17. The average Bonchev–Trinajstić information content (AvgIpc) is 2.48. The third-order valence-electron chi connectivity index (χ3n) is 2.56. The van der Waals surface area contributed by atoms with Gasteiger partial charge in [0.25, 0.3) is 0 Å². The first-order valence-electron chi connectivity index (χ1n) is 5.94. The van der Waals surface area contributed by atoms with Crippen molar-refractivity contribution in [3.8, 4) is 11.4 Å². The second-order valence-corrected chi connectivity index (χ2v) is 3.98. The number of pyridine rings is 1. The van der Waals surface area contributed by atoms with Crippen molar-refractivity contribution in [3.05, 3.63) is 42.4 Å². The zero-order valence-corrected chi connectivity index (χ0v) is 11.1. The molecule has 0 amide bonds. The molecule has 0 saturated carbocycles. The Morgan fingerprint density at radius 2 is 2.00 bits per heavy atom. The number of aromatic nitrogens is 3. The van der Waals surface area contributed by atoms with Gasteiger partial charge in [-0.15, -0.1) is 0 Å². The summed E-state index contributed by atoms with van der Waals surface area (Å²) in [5.74, 6) is 1.37. The van der Waals surface area contributed by atoms with E-state index >= 15 is 0 Å². The van der Waals surface area contributed by atoms with E-state index in [0.29, 0.717) is 11.6 Å². The SMILES string of the molecule is CC(=Nc1ccnc(-c2ccncc2)n1)C(=C=N)C(=O)O. The van der Waals surface area contributed by atoms with Crippen LogP contribution in [0.4, 0.5) is 5.82 Å². The van der Waals surface area contributed by atoms with E-state index in [1.807, 2.05) is 5.87 Å². The van der Waals surface area contributed by atoms with Gasteiger partial charge < -0.3 is 5.11 Å². The molecule has 0 fully saturated rings. The molecule has 0 spiro atoms. The van der Waals surface area contributed by atoms with Gasteiger partial charge in [0.1, 0.15) is 5.57 Å². The van der Waals surface area contributed by atoms with Crippen molar-refractivity contribution in [2.75, 3.05) is 0 Å². The third-order valence-corrected chi connectivity index (χ3v) is 2.56. The number of aliphatic carboxylic acids is 1. The maximum atomic E-state index is 10.9. The predicted molar refractivity (Wildman–Crippen MR) is 76.9 cm³/mol. The summed E-state index contributed by atoms with van der Waals surface area (Å²) in [7, 11) is 0. The van der Waals surface area contributed by atoms with E-state index in [4.69, 9.17) is 10.5 Å². The fourth-order valence-corrected chi connectivity index (χ4v) is 1.58. The summed E-state index contributed by atoms with van der Waals surface area (Å²) in [5.41, 5.74) is 0.622. The number of aliphatic imine (C=N–C) groups is 1. The molecule has 0 radical (unpaired) electrons. The van der Waals surface area contributed by atoms with Crippen molar-refractivity contribution >= 4 is 23.4 Å². The molecule has 21 heavy (non-hydrogen) atoms. The molecule has 0 saturated heterocycles. The molecule has 0 unspecified atom stereocenters. The standard InChI is InChI=1S/C14H11N5O2/c1-9(11(8-15)14(20)21)18-12-4-7-17-13(19-12)10-2-5-16-6-3-10/h2-7,15H,1H3,(H,20,21). The van der Waals surface area contributed by atoms with Crippen LogP contribution in [0.1, 0.15) is 6.92 Å². The van der Waals surface area contributed by atoms with Gasteiger partial charge in [-0.3, -0.25) is 10.4 Å². The summed E-state index contributed by atoms with van der Waals surface area (Å²) in [4.78, 5) is 27.3. The molecule has 104 valence electrons. The van der Waals surface area contributed by atoms with Gasteiger partial charge in [-0.25, -0.2) is 19.8 Å². The number of carboxylic acid groups (broad SMARTS) is 1. The van der Waals surface area contributed by atoms with E-state index in [9.17, 15) is 4.79 Å². The minimum absolute atomic E-state index is 0.150. The molecule has 2 aromatic heterocycles. The fourth-order valence-electron chi connectivity index (χ4n) is 1.58. The molecular formula is C14H11N5O2. The average molecular weight is 281 g/mol. The van der Waals surface area contributed by atoms with Crippen LogP contribution in [0.25, 0.3) is 11.4 Å². The monoisotopic (exact) mass is 281 g/mol. The molecular weight excluding hydrogens is 270 g/mol. The highest BCUT2D eigenvalue weighted by Gasteiger charge is 2.11. The largest absolute Gasteiger partial charge is 0.477 e. The molecule has 2 N–H and O–H groups in total. The summed E-state index contributed by atoms with van der Waals surface area (Å²) >= 11 is 0. The lowest BCUT2D eigenvalue weighted by atomic mass is 10.2. The van der Waals surface area contributed by atoms with Crippen LogP contribution in [-0.2, 0) is 4.79 Å². The van der Waals surface area contributed by atoms with Crippen LogP contribution >= 0.6 is 0 Å². The van der Waals surface area contributed by atoms with E-state index in [-0.39, 0.29) is 11.3 Å². The van der Waals surface area contributed by atoms with Crippen LogP contribution in [0.2, 0.25) is 0 Å². The second-order valence-electron chi connectivity index (χ2n) is 3.98. The zero-order chi connectivity index (χ0) is 15.2. The molecule has 0 aliphatic carbocycles. The number of carboxylic acids is 1. The van der Waals surface area contributed by atoms with Crippen LogP contribution in [0.15, 0.2) is 47.4 Å². The Kier molecular flexibility index (Phi) is 4.28. The molecule has 2 aromatic rings. The van der Waals surface area contributed by atoms with Crippen molar-refractivity contribution in [2.24, 2.45) is 4.99 Å². The number of hydrogen-bond donors (Lipinski definition) is 2. The highest BCUT2D eigenvalue weighted by molar-refractivity contribution is 6.24. The number of nitrogens with zero attached hydrogens (tertiary/aromatic N) is 4. The maximum absolute atomic E-state index is 10.9. The first kappa shape index (κ1) is 14.2. The quantitative estimate of drug-likeness (QED) is 0.656. The molecule has 7 nitrogen and oxygen atoms in total. The normalized spacial score (nSPS) is 10.8. The van der Waals surface area contributed by atoms with Crippen molar-refractivity contribution in [1.29, 1.82) is 5.41 Å². The van der Waals surface area contributed by atoms with Gasteiger partial charge in [0.2, 0.25) is 0 Å². The Morgan fingerprint density at radius 1 is 1.29 bits per heavy atom. The molecule has 0 aliphatic rings. The Labute approximate surface area is 120 Å². The minimum Gasteiger partial charge on any atom is -0.477 e. The minimum atomic E-state index is -1.25. The van der Waals surface area contributed by atoms with E-state index < -0.39 is 5.97 Å². The fraction of sp³-hybridized carbons (Fsp3) is 0.0714. The summed E-state index contributed by atoms with van der Waals surface area (Å²) in [6.45, 7) is 1.49. The van der Waals surface area contributed by atoms with Gasteiger partial charge in [0, 0.05) is 30.2 Å². The molecule has 2 heterocycles. The Hall–Kier alpha value is -3.18. The van der Waals surface area contributed by atoms with Crippen molar-refractivity contribution in [2.45, 2.75) is 6.92 Å². The van der Waals surface area contributed by atoms with Crippen LogP contribution in [-0.4, -0.2) is 37.6 Å². The number of rotatable bonds is 4. The summed E-state index contributed by atoms with van der Waals surface area (Å²) in [5, 5.41) is 15.9. The summed E-state index contributed by atoms with van der Waals surface area (Å²) < 4.78 is 0. The smallest absolute Gasteiger partial charge is 0.347 e. The lowest BCUT2D eigenvalue weighted by Crippen LogP contribution is -2.09. The second kappa shape index (κ2) is 6.31. The predicted octanol–water partition coefficient (Wildman–Crippen LogP) is 1.89. The molecule has 2 rings (SSSR count). The first-order valence-corrected chi connectivity index (χ1v) is 5.94. The third kappa shape index (κ3) is 3.43. The number of nitrogens with one attached hydrogen (secondary N) is 1. The van der Waals surface area contributed by atoms with Gasteiger partial charge in [0.05, 0.1) is 5.71 Å². The van der Waals surface area contributed by atoms with Crippen LogP contribution in [0.3, 0.4) is 0 Å². The summed E-state index contributed by atoms with van der Waals surface area (Å²) in [6, 6.07) is 5.07. The lowest BCUT2D eigenvalue weighted by Gasteiger charge is -2.02. The van der Waals surface area contributed by atoms with Gasteiger partial charge in [-0.2, -0.15) is 0 Å². The van der Waals surface area contributed by atoms with Crippen LogP contribution < -0.4 is 0 Å². The highest BCUT2D eigenvalue weighted by atomic mass is 16.4. The van der Waals surface area contributed by atoms with E-state index in [1.54, 1.807) is 30.6 Å². The van der Waals surface area contributed by atoms with Crippen LogP contribution in [0, 0.1) is 5.41 Å². The zero-order valence-electron chi connectivity index (χ0n) is 11.1. The van der Waals surface area contributed by atoms with Crippen molar-refractivity contribution < 1.29 is 9.90 Å². The topological polar surface area (TPSA) is 112 Å². The van der Waals surface area contributed by atoms with Crippen LogP contribution in [0.5, 0.6) is 0 Å². The molecule has 7 heteroatoms. The van der Waals surface area contributed by atoms with Gasteiger partial charge in [0.15, 0.2) is 11.6 Å². The molecule has 0 atom stereocenters. The van der Waals surface area contributed by atoms with Gasteiger partial charge in [-0.1, -0.05) is 0 Å². The molecule has 0 bridgehead atoms. The number of carbonyl (C=O) groups is 1. The Morgan fingerprint density at radius 3 is 2.62 bits per heavy atom. The van der Waals surface area contributed by atoms with E-state index in [0.717, 1.165) is 5.56 Å². The van der Waals surface area contributed by atoms with E-state index in [1.165, 1.54) is 13.1 Å². The Balaban J connectivity index is 2.39. The number of hydrogen-bond acceptors (Lipinski definition) is 6. The van der Waals surface area contributed by atoms with Crippen molar-refractivity contribution in [1.82, 2.24) is 15.0 Å². The maximum Gasteiger partial charge on any atom is 0.347 e. The summed E-state index contributed by atoms with van der Waals surface area (Å²) in [6.07, 6.45) is 4.78. The van der Waals surface area contributed by atoms with E-state index in [2.05, 4.69) is 19.9 Å². The molecule has 0 aromatic carbocycles. The van der Waals surface area contributed by atoms with Crippen molar-refractivity contribution in [3.63, 3.8) is 0 Å². The lowest BCUT2D eigenvalue weighted by molar-refractivity contribution is -0.131. The van der Waals surface area contributed by atoms with Gasteiger partial charge >= 0.3 is 5.97 Å². The Bertz CT molecular complexity index is 749. The van der Waals surface area contributed by atoms with Gasteiger partial charge in [-0.05, 0) is 24.9 Å². The molecule has 0 aliphatic heterocycles. The first-order chi connectivity index (χ1) is 10.1.